The molecule has 1 atom stereocenters. The lowest BCUT2D eigenvalue weighted by atomic mass is 10.1. The molecule has 1 unspecified atom stereocenters. The number of rotatable bonds is 5. The first-order chi connectivity index (χ1) is 9.15. The fourth-order valence-corrected chi connectivity index (χ4v) is 2.96. The molecule has 0 N–H and O–H groups in total. The van der Waals surface area contributed by atoms with E-state index in [4.69, 9.17) is 11.6 Å². The molecule has 0 heterocycles. The number of carbonyl (C=O) groups is 1. The van der Waals surface area contributed by atoms with Crippen LogP contribution in [0.25, 0.3) is 0 Å². The number of benzene rings is 2. The predicted octanol–water partition coefficient (Wildman–Crippen LogP) is 4.63. The lowest BCUT2D eigenvalue weighted by Crippen LogP contribution is -2.16. The summed E-state index contributed by atoms with van der Waals surface area (Å²) in [5, 5.41) is 0.662. The Labute approximate surface area is 123 Å². The van der Waals surface area contributed by atoms with Gasteiger partial charge < -0.3 is 0 Å². The number of carbonyl (C=O) groups excluding carboxylic acids is 1. The zero-order valence-electron chi connectivity index (χ0n) is 10.7. The standard InChI is InChI=1S/C16H15ClOS/c1-12(18)16(11-13-5-3-2-4-6-13)19-15-9-7-14(17)8-10-15/h2-10,16H,11H2,1H3. The lowest BCUT2D eigenvalue weighted by molar-refractivity contribution is -0.116. The second-order valence-electron chi connectivity index (χ2n) is 4.36. The summed E-state index contributed by atoms with van der Waals surface area (Å²) < 4.78 is 0. The van der Waals surface area contributed by atoms with Gasteiger partial charge in [-0.15, -0.1) is 11.8 Å². The summed E-state index contributed by atoms with van der Waals surface area (Å²) in [5.41, 5.74) is 1.18. The van der Waals surface area contributed by atoms with Crippen LogP contribution >= 0.6 is 23.4 Å². The smallest absolute Gasteiger partial charge is 0.143 e. The topological polar surface area (TPSA) is 17.1 Å². The van der Waals surface area contributed by atoms with Gasteiger partial charge in [0.2, 0.25) is 0 Å². The molecule has 0 aromatic heterocycles. The van der Waals surface area contributed by atoms with Gasteiger partial charge in [0.25, 0.3) is 0 Å². The van der Waals surface area contributed by atoms with Crippen LogP contribution in [0.4, 0.5) is 0 Å². The van der Waals surface area contributed by atoms with Crippen LogP contribution in [-0.4, -0.2) is 11.0 Å². The molecule has 0 aliphatic heterocycles. The molecule has 1 nitrogen and oxygen atoms in total. The number of ketones is 1. The summed E-state index contributed by atoms with van der Waals surface area (Å²) >= 11 is 7.46. The summed E-state index contributed by atoms with van der Waals surface area (Å²) in [4.78, 5) is 12.8. The van der Waals surface area contributed by atoms with E-state index in [2.05, 4.69) is 12.1 Å². The molecule has 0 saturated carbocycles. The van der Waals surface area contributed by atoms with Crippen LogP contribution in [0.3, 0.4) is 0 Å². The van der Waals surface area contributed by atoms with E-state index < -0.39 is 0 Å². The Hall–Kier alpha value is -1.25. The van der Waals surface area contributed by atoms with Crippen molar-refractivity contribution in [2.75, 3.05) is 0 Å². The zero-order valence-corrected chi connectivity index (χ0v) is 12.2. The maximum Gasteiger partial charge on any atom is 0.143 e. The highest BCUT2D eigenvalue weighted by atomic mass is 35.5. The van der Waals surface area contributed by atoms with Gasteiger partial charge in [0.05, 0.1) is 5.25 Å². The molecule has 2 aromatic rings. The molecular weight excluding hydrogens is 276 g/mol. The minimum absolute atomic E-state index is 0.0522. The Morgan fingerprint density at radius 2 is 1.74 bits per heavy atom. The van der Waals surface area contributed by atoms with Crippen molar-refractivity contribution < 1.29 is 4.79 Å². The summed E-state index contributed by atoms with van der Waals surface area (Å²) in [5.74, 6) is 0.198. The second kappa shape index (κ2) is 6.78. The third-order valence-corrected chi connectivity index (χ3v) is 4.39. The Bertz CT molecular complexity index is 536. The van der Waals surface area contributed by atoms with Gasteiger partial charge in [0.1, 0.15) is 5.78 Å². The molecule has 0 bridgehead atoms. The van der Waals surface area contributed by atoms with Crippen molar-refractivity contribution in [3.8, 4) is 0 Å². The molecule has 0 fully saturated rings. The Morgan fingerprint density at radius 1 is 1.11 bits per heavy atom. The highest BCUT2D eigenvalue weighted by molar-refractivity contribution is 8.00. The van der Waals surface area contributed by atoms with Crippen LogP contribution in [0, 0.1) is 0 Å². The highest BCUT2D eigenvalue weighted by Gasteiger charge is 2.16. The molecule has 0 amide bonds. The van der Waals surface area contributed by atoms with Gasteiger partial charge >= 0.3 is 0 Å². The summed E-state index contributed by atoms with van der Waals surface area (Å²) in [6.45, 7) is 1.65. The maximum absolute atomic E-state index is 11.8. The Kier molecular flexibility index (Phi) is 5.06. The number of hydrogen-bond donors (Lipinski definition) is 0. The van der Waals surface area contributed by atoms with E-state index in [1.165, 1.54) is 5.56 Å². The van der Waals surface area contributed by atoms with E-state index in [1.807, 2.05) is 42.5 Å². The van der Waals surface area contributed by atoms with Crippen molar-refractivity contribution in [2.45, 2.75) is 23.5 Å². The molecule has 0 aliphatic carbocycles. The van der Waals surface area contributed by atoms with Gasteiger partial charge in [-0.1, -0.05) is 41.9 Å². The molecular formula is C16H15ClOS. The van der Waals surface area contributed by atoms with E-state index in [0.29, 0.717) is 5.02 Å². The normalized spacial score (nSPS) is 12.1. The molecule has 98 valence electrons. The molecule has 0 saturated heterocycles. The minimum Gasteiger partial charge on any atom is -0.299 e. The van der Waals surface area contributed by atoms with Crippen LogP contribution < -0.4 is 0 Å². The van der Waals surface area contributed by atoms with E-state index in [0.717, 1.165) is 11.3 Å². The number of Topliss-reactive ketones (excluding diaryl/α,β-unsaturated/α-hetero) is 1. The van der Waals surface area contributed by atoms with Crippen molar-refractivity contribution in [1.82, 2.24) is 0 Å². The van der Waals surface area contributed by atoms with Crippen molar-refractivity contribution in [2.24, 2.45) is 0 Å². The van der Waals surface area contributed by atoms with Gasteiger partial charge in [0.15, 0.2) is 0 Å². The predicted molar refractivity (Wildman–Crippen MR) is 81.9 cm³/mol. The highest BCUT2D eigenvalue weighted by Crippen LogP contribution is 2.27. The van der Waals surface area contributed by atoms with Gasteiger partial charge in [-0.05, 0) is 43.2 Å². The average Bonchev–Trinajstić information content (AvgIpc) is 2.41. The zero-order chi connectivity index (χ0) is 13.7. The number of halogens is 1. The maximum atomic E-state index is 11.8. The van der Waals surface area contributed by atoms with E-state index in [-0.39, 0.29) is 11.0 Å². The molecule has 19 heavy (non-hydrogen) atoms. The first-order valence-corrected chi connectivity index (χ1v) is 7.37. The quantitative estimate of drug-likeness (QED) is 0.747. The lowest BCUT2D eigenvalue weighted by Gasteiger charge is -2.13. The molecule has 0 radical (unpaired) electrons. The summed E-state index contributed by atoms with van der Waals surface area (Å²) in [6.07, 6.45) is 0.753. The fraction of sp³-hybridized carbons (Fsp3) is 0.188. The SMILES string of the molecule is CC(=O)C(Cc1ccccc1)Sc1ccc(Cl)cc1. The largest absolute Gasteiger partial charge is 0.299 e. The van der Waals surface area contributed by atoms with Gasteiger partial charge in [0, 0.05) is 9.92 Å². The molecule has 3 heteroatoms. The third kappa shape index (κ3) is 4.41. The molecule has 0 spiro atoms. The van der Waals surface area contributed by atoms with E-state index >= 15 is 0 Å². The minimum atomic E-state index is -0.0522. The second-order valence-corrected chi connectivity index (χ2v) is 6.07. The van der Waals surface area contributed by atoms with Crippen LogP contribution in [0.2, 0.25) is 5.02 Å². The third-order valence-electron chi connectivity index (χ3n) is 2.81. The first-order valence-electron chi connectivity index (χ1n) is 6.12. The van der Waals surface area contributed by atoms with E-state index in [9.17, 15) is 4.79 Å². The van der Waals surface area contributed by atoms with Gasteiger partial charge in [-0.25, -0.2) is 0 Å². The van der Waals surface area contributed by atoms with Crippen molar-refractivity contribution in [3.05, 3.63) is 65.2 Å². The van der Waals surface area contributed by atoms with Crippen LogP contribution in [0.1, 0.15) is 12.5 Å². The summed E-state index contributed by atoms with van der Waals surface area (Å²) in [7, 11) is 0. The van der Waals surface area contributed by atoms with Crippen LogP contribution in [0.15, 0.2) is 59.5 Å². The number of thioether (sulfide) groups is 1. The number of hydrogen-bond acceptors (Lipinski definition) is 2. The first kappa shape index (κ1) is 14.2. The van der Waals surface area contributed by atoms with Crippen molar-refractivity contribution in [1.29, 1.82) is 0 Å². The molecule has 2 aromatic carbocycles. The van der Waals surface area contributed by atoms with Crippen LogP contribution in [-0.2, 0) is 11.2 Å². The van der Waals surface area contributed by atoms with Crippen molar-refractivity contribution in [3.63, 3.8) is 0 Å². The molecule has 0 aliphatic rings. The van der Waals surface area contributed by atoms with Gasteiger partial charge in [-0.3, -0.25) is 4.79 Å². The fourth-order valence-electron chi connectivity index (χ4n) is 1.77. The van der Waals surface area contributed by atoms with Crippen molar-refractivity contribution >= 4 is 29.1 Å². The van der Waals surface area contributed by atoms with E-state index in [1.54, 1.807) is 18.7 Å². The monoisotopic (exact) mass is 290 g/mol. The molecule has 2 rings (SSSR count). The Balaban J connectivity index is 2.08. The Morgan fingerprint density at radius 3 is 2.32 bits per heavy atom. The average molecular weight is 291 g/mol. The summed E-state index contributed by atoms with van der Waals surface area (Å²) in [6, 6.07) is 17.7. The van der Waals surface area contributed by atoms with Gasteiger partial charge in [-0.2, -0.15) is 0 Å². The van der Waals surface area contributed by atoms with Crippen LogP contribution in [0.5, 0.6) is 0 Å².